The number of pyridine rings is 1. The molecular formula is C33H39N7O6. The van der Waals surface area contributed by atoms with Crippen molar-refractivity contribution in [3.05, 3.63) is 83.7 Å². The number of carboxylic acids is 1. The van der Waals surface area contributed by atoms with Crippen LogP contribution in [0.2, 0.25) is 0 Å². The minimum Gasteiger partial charge on any atom is -0.481 e. The third kappa shape index (κ3) is 8.51. The Bertz CT molecular complexity index is 1550. The number of benzene rings is 2. The Morgan fingerprint density at radius 2 is 1.72 bits per heavy atom. The predicted molar refractivity (Wildman–Crippen MR) is 173 cm³/mol. The van der Waals surface area contributed by atoms with E-state index < -0.39 is 23.9 Å². The van der Waals surface area contributed by atoms with Crippen molar-refractivity contribution in [1.29, 1.82) is 0 Å². The molecule has 3 heterocycles. The van der Waals surface area contributed by atoms with E-state index in [0.29, 0.717) is 75.1 Å². The predicted octanol–water partition coefficient (Wildman–Crippen LogP) is 3.94. The minimum atomic E-state index is -1.07. The molecule has 0 bridgehead atoms. The van der Waals surface area contributed by atoms with Crippen LogP contribution in [0, 0.1) is 6.92 Å². The van der Waals surface area contributed by atoms with E-state index in [1.54, 1.807) is 42.6 Å². The molecule has 0 aliphatic carbocycles. The monoisotopic (exact) mass is 629 g/mol. The van der Waals surface area contributed by atoms with Crippen LogP contribution in [0.1, 0.15) is 40.4 Å². The first kappa shape index (κ1) is 32.2. The van der Waals surface area contributed by atoms with Gasteiger partial charge in [0.15, 0.2) is 0 Å². The zero-order valence-electron chi connectivity index (χ0n) is 25.8. The standard InChI is InChI=1S/C33H39N7O6/c1-23-5-2-7-26(19-23)35-32(44)37-28-20-24(31(43)36-27(21-30(41)42)25-6-3-10-34-22-25)8-9-29(28)38-11-4-12-39(14-13-38)33(45)40-15-17-46-18-16-40/h2-3,5-10,19-20,22,27H,4,11-18,21H2,1H3,(H,36,43)(H,41,42)(H2,35,37,44). The largest absolute Gasteiger partial charge is 0.481 e. The van der Waals surface area contributed by atoms with Crippen LogP contribution in [-0.4, -0.2) is 96.3 Å². The van der Waals surface area contributed by atoms with E-state index in [1.165, 1.54) is 6.20 Å². The van der Waals surface area contributed by atoms with Crippen molar-refractivity contribution >= 4 is 41.0 Å². The molecule has 5 rings (SSSR count). The molecule has 46 heavy (non-hydrogen) atoms. The Balaban J connectivity index is 1.37. The summed E-state index contributed by atoms with van der Waals surface area (Å²) < 4.78 is 5.39. The second-order valence-corrected chi connectivity index (χ2v) is 11.3. The number of rotatable bonds is 8. The Labute approximate surface area is 267 Å². The van der Waals surface area contributed by atoms with Crippen LogP contribution in [-0.2, 0) is 9.53 Å². The van der Waals surface area contributed by atoms with Gasteiger partial charge in [-0.1, -0.05) is 18.2 Å². The number of carboxylic acid groups (broad SMARTS) is 1. The van der Waals surface area contributed by atoms with E-state index in [0.717, 1.165) is 12.0 Å². The van der Waals surface area contributed by atoms with Gasteiger partial charge in [0, 0.05) is 62.9 Å². The van der Waals surface area contributed by atoms with E-state index >= 15 is 0 Å². The van der Waals surface area contributed by atoms with E-state index in [9.17, 15) is 24.3 Å². The Morgan fingerprint density at radius 1 is 0.913 bits per heavy atom. The summed E-state index contributed by atoms with van der Waals surface area (Å²) in [4.78, 5) is 61.2. The van der Waals surface area contributed by atoms with Gasteiger partial charge >= 0.3 is 18.0 Å². The molecule has 0 spiro atoms. The molecule has 242 valence electrons. The number of aliphatic carboxylic acids is 1. The number of hydrogen-bond donors (Lipinski definition) is 4. The number of aryl methyl sites for hydroxylation is 1. The van der Waals surface area contributed by atoms with Gasteiger partial charge < -0.3 is 40.5 Å². The fourth-order valence-corrected chi connectivity index (χ4v) is 5.62. The van der Waals surface area contributed by atoms with E-state index in [4.69, 9.17) is 4.74 Å². The zero-order chi connectivity index (χ0) is 32.5. The normalized spacial score (nSPS) is 15.8. The van der Waals surface area contributed by atoms with E-state index in [-0.39, 0.29) is 18.0 Å². The summed E-state index contributed by atoms with van der Waals surface area (Å²) in [5.74, 6) is -1.57. The van der Waals surface area contributed by atoms with Crippen molar-refractivity contribution < 1.29 is 29.0 Å². The number of amides is 5. The lowest BCUT2D eigenvalue weighted by molar-refractivity contribution is -0.137. The Kier molecular flexibility index (Phi) is 10.7. The van der Waals surface area contributed by atoms with Gasteiger partial charge in [-0.3, -0.25) is 14.6 Å². The smallest absolute Gasteiger partial charge is 0.323 e. The van der Waals surface area contributed by atoms with Gasteiger partial charge in [0.1, 0.15) is 0 Å². The highest BCUT2D eigenvalue weighted by Crippen LogP contribution is 2.30. The number of nitrogens with zero attached hydrogens (tertiary/aromatic N) is 4. The Hall–Kier alpha value is -5.17. The van der Waals surface area contributed by atoms with Crippen molar-refractivity contribution in [3.8, 4) is 0 Å². The lowest BCUT2D eigenvalue weighted by atomic mass is 10.0. The summed E-state index contributed by atoms with van der Waals surface area (Å²) in [6.07, 6.45) is 3.48. The third-order valence-electron chi connectivity index (χ3n) is 7.94. The van der Waals surface area contributed by atoms with Gasteiger partial charge in [-0.05, 0) is 60.9 Å². The quantitative estimate of drug-likeness (QED) is 0.292. The molecule has 2 aliphatic heterocycles. The molecule has 2 aliphatic rings. The Morgan fingerprint density at radius 3 is 2.46 bits per heavy atom. The highest BCUT2D eigenvalue weighted by molar-refractivity contribution is 6.04. The molecular weight excluding hydrogens is 590 g/mol. The number of nitrogens with one attached hydrogen (secondary N) is 3. The van der Waals surface area contributed by atoms with Gasteiger partial charge in [0.25, 0.3) is 5.91 Å². The van der Waals surface area contributed by atoms with Gasteiger partial charge in [0.05, 0.1) is 37.1 Å². The van der Waals surface area contributed by atoms with Crippen LogP contribution in [0.4, 0.5) is 26.7 Å². The summed E-state index contributed by atoms with van der Waals surface area (Å²) in [6.45, 7) is 6.39. The van der Waals surface area contributed by atoms with Crippen LogP contribution in [0.5, 0.6) is 0 Å². The molecule has 0 radical (unpaired) electrons. The lowest BCUT2D eigenvalue weighted by Gasteiger charge is -2.32. The third-order valence-corrected chi connectivity index (χ3v) is 7.94. The molecule has 2 saturated heterocycles. The first-order valence-corrected chi connectivity index (χ1v) is 15.3. The number of ether oxygens (including phenoxy) is 1. The number of carbonyl (C=O) groups excluding carboxylic acids is 3. The summed E-state index contributed by atoms with van der Waals surface area (Å²) in [7, 11) is 0. The highest BCUT2D eigenvalue weighted by Gasteiger charge is 2.27. The fourth-order valence-electron chi connectivity index (χ4n) is 5.62. The zero-order valence-corrected chi connectivity index (χ0v) is 25.8. The summed E-state index contributed by atoms with van der Waals surface area (Å²) in [5.41, 5.74) is 3.52. The molecule has 0 saturated carbocycles. The molecule has 13 heteroatoms. The topological polar surface area (TPSA) is 156 Å². The molecule has 1 atom stereocenters. The molecule has 2 fully saturated rings. The van der Waals surface area contributed by atoms with E-state index in [2.05, 4.69) is 25.8 Å². The summed E-state index contributed by atoms with van der Waals surface area (Å²) in [6, 6.07) is 14.5. The maximum atomic E-state index is 13.5. The van der Waals surface area contributed by atoms with Crippen LogP contribution >= 0.6 is 0 Å². The molecule has 5 amide bonds. The summed E-state index contributed by atoms with van der Waals surface area (Å²) in [5, 5.41) is 18.0. The molecule has 4 N–H and O–H groups in total. The van der Waals surface area contributed by atoms with Gasteiger partial charge in [0.2, 0.25) is 0 Å². The molecule has 13 nitrogen and oxygen atoms in total. The number of urea groups is 2. The average Bonchev–Trinajstić information content (AvgIpc) is 3.31. The van der Waals surface area contributed by atoms with Crippen molar-refractivity contribution in [2.45, 2.75) is 25.8 Å². The van der Waals surface area contributed by atoms with Gasteiger partial charge in [-0.15, -0.1) is 0 Å². The number of morpholine rings is 1. The van der Waals surface area contributed by atoms with Crippen molar-refractivity contribution in [3.63, 3.8) is 0 Å². The molecule has 3 aromatic rings. The second-order valence-electron chi connectivity index (χ2n) is 11.3. The summed E-state index contributed by atoms with van der Waals surface area (Å²) >= 11 is 0. The number of hydrogen-bond acceptors (Lipinski definition) is 7. The van der Waals surface area contributed by atoms with Gasteiger partial charge in [-0.2, -0.15) is 0 Å². The maximum Gasteiger partial charge on any atom is 0.323 e. The van der Waals surface area contributed by atoms with Crippen molar-refractivity contribution in [1.82, 2.24) is 20.1 Å². The first-order chi connectivity index (χ1) is 22.3. The second kappa shape index (κ2) is 15.2. The van der Waals surface area contributed by atoms with E-state index in [1.807, 2.05) is 34.9 Å². The van der Waals surface area contributed by atoms with Crippen LogP contribution in [0.15, 0.2) is 67.0 Å². The SMILES string of the molecule is Cc1cccc(NC(=O)Nc2cc(C(=O)NC(CC(=O)O)c3cccnc3)ccc2N2CCCN(C(=O)N3CCOCC3)CC2)c1. The number of aromatic nitrogens is 1. The van der Waals surface area contributed by atoms with Crippen molar-refractivity contribution in [2.75, 3.05) is 68.0 Å². The number of carbonyl (C=O) groups is 4. The van der Waals surface area contributed by atoms with Crippen LogP contribution in [0.25, 0.3) is 0 Å². The lowest BCUT2D eigenvalue weighted by Crippen LogP contribution is -2.49. The van der Waals surface area contributed by atoms with Crippen LogP contribution < -0.4 is 20.9 Å². The van der Waals surface area contributed by atoms with Gasteiger partial charge in [-0.25, -0.2) is 9.59 Å². The van der Waals surface area contributed by atoms with Crippen molar-refractivity contribution in [2.24, 2.45) is 0 Å². The molecule has 2 aromatic carbocycles. The minimum absolute atomic E-state index is 0.00224. The first-order valence-electron chi connectivity index (χ1n) is 15.3. The maximum absolute atomic E-state index is 13.5. The highest BCUT2D eigenvalue weighted by atomic mass is 16.5. The molecule has 1 aromatic heterocycles. The number of anilines is 3. The van der Waals surface area contributed by atoms with Crippen LogP contribution in [0.3, 0.4) is 0 Å². The average molecular weight is 630 g/mol. The fraction of sp³-hybridized carbons (Fsp3) is 0.364. The molecule has 1 unspecified atom stereocenters.